The maximum Gasteiger partial charge on any atom is 0.407 e. The summed E-state index contributed by atoms with van der Waals surface area (Å²) in [5.74, 6) is -3.71. The van der Waals surface area contributed by atoms with Crippen LogP contribution < -0.4 is 10.6 Å². The molecule has 0 aromatic heterocycles. The molecular weight excluding hydrogens is 812 g/mol. The highest BCUT2D eigenvalue weighted by Gasteiger charge is 2.45. The molecule has 2 N–H and O–H groups in total. The SMILES string of the molecule is CCOC(=O)CN(CCNC(=O)OCC1c2ccccc2-c2ccccc21)C(=O)CNC(=O)C(CP(=O)(OC(C)(C)C)OC(C)(C)C)CP(=O)(OC(C)(C)C)OC(C)(C)C. The van der Waals surface area contributed by atoms with Gasteiger partial charge in [0.25, 0.3) is 0 Å². The molecule has 0 atom stereocenters. The van der Waals surface area contributed by atoms with E-state index >= 15 is 0 Å². The molecule has 15 nitrogen and oxygen atoms in total. The fraction of sp³-hybridized carbons (Fsp3) is 0.628. The average Bonchev–Trinajstić information content (AvgIpc) is 3.38. The van der Waals surface area contributed by atoms with Crippen LogP contribution >= 0.6 is 15.2 Å². The highest BCUT2D eigenvalue weighted by Crippen LogP contribution is 2.60. The van der Waals surface area contributed by atoms with Gasteiger partial charge in [-0.3, -0.25) is 23.5 Å². The Morgan fingerprint density at radius 2 is 1.10 bits per heavy atom. The zero-order valence-corrected chi connectivity index (χ0v) is 39.5. The van der Waals surface area contributed by atoms with Crippen LogP contribution in [0.3, 0.4) is 0 Å². The number of nitrogens with one attached hydrogen (secondary N) is 2. The standard InChI is InChI=1S/C43H67N3O12P2/c1-14-53-37(48)26-46(24-23-44-39(50)54-27-35-33-21-17-15-19-31(33)32-20-16-18-22-34(32)35)36(47)25-45-38(49)30(28-59(51,55-40(2,3)4)56-41(5,6)7)29-60(52,57-42(8,9)10)58-43(11,12)13/h15-22,30,35H,14,23-29H2,1-13H3,(H,44,50)(H,45,49). The summed E-state index contributed by atoms with van der Waals surface area (Å²) in [5.41, 5.74) is 0.423. The number of fused-ring (bicyclic) bond motifs is 3. The summed E-state index contributed by atoms with van der Waals surface area (Å²) in [6.45, 7) is 20.8. The maximum absolute atomic E-state index is 14.5. The van der Waals surface area contributed by atoms with Crippen molar-refractivity contribution in [3.05, 3.63) is 59.7 Å². The summed E-state index contributed by atoms with van der Waals surface area (Å²) in [6.07, 6.45) is -1.76. The number of hydrogen-bond donors (Lipinski definition) is 2. The first-order valence-electron chi connectivity index (χ1n) is 20.3. The molecule has 0 saturated carbocycles. The van der Waals surface area contributed by atoms with E-state index in [9.17, 15) is 28.3 Å². The minimum absolute atomic E-state index is 0.0674. The number of alkyl carbamates (subject to hydrolysis) is 1. The summed E-state index contributed by atoms with van der Waals surface area (Å²) in [5, 5.41) is 5.21. The molecule has 17 heteroatoms. The predicted octanol–water partition coefficient (Wildman–Crippen LogP) is 8.30. The van der Waals surface area contributed by atoms with Crippen LogP contribution in [-0.2, 0) is 51.1 Å². The van der Waals surface area contributed by atoms with E-state index in [1.54, 1.807) is 90.0 Å². The Hall–Kier alpha value is -3.58. The Morgan fingerprint density at radius 1 is 0.667 bits per heavy atom. The van der Waals surface area contributed by atoms with Gasteiger partial charge in [0.05, 0.1) is 53.8 Å². The minimum Gasteiger partial charge on any atom is -0.465 e. The Kier molecular flexibility index (Phi) is 17.4. The zero-order valence-electron chi connectivity index (χ0n) is 37.7. The van der Waals surface area contributed by atoms with E-state index in [1.165, 1.54) is 0 Å². The molecule has 0 heterocycles. The normalized spacial score (nSPS) is 13.7. The van der Waals surface area contributed by atoms with Crippen molar-refractivity contribution in [1.29, 1.82) is 0 Å². The first-order valence-corrected chi connectivity index (χ1v) is 23.8. The number of hydrogen-bond acceptors (Lipinski definition) is 12. The van der Waals surface area contributed by atoms with Crippen molar-refractivity contribution < 1.29 is 55.9 Å². The highest BCUT2D eigenvalue weighted by atomic mass is 31.2. The zero-order chi connectivity index (χ0) is 45.3. The van der Waals surface area contributed by atoms with Gasteiger partial charge in [-0.15, -0.1) is 0 Å². The number of rotatable bonds is 19. The molecule has 60 heavy (non-hydrogen) atoms. The summed E-state index contributed by atoms with van der Waals surface area (Å²) in [7, 11) is -8.25. The number of nitrogens with zero attached hydrogens (tertiary/aromatic N) is 1. The third-order valence-corrected chi connectivity index (χ3v) is 13.4. The van der Waals surface area contributed by atoms with Crippen molar-refractivity contribution in [2.75, 3.05) is 51.7 Å². The number of ether oxygens (including phenoxy) is 2. The van der Waals surface area contributed by atoms with E-state index in [0.717, 1.165) is 27.2 Å². The summed E-state index contributed by atoms with van der Waals surface area (Å²) < 4.78 is 63.6. The molecular formula is C43H67N3O12P2. The second-order valence-corrected chi connectivity index (χ2v) is 22.6. The van der Waals surface area contributed by atoms with Gasteiger partial charge >= 0.3 is 27.3 Å². The van der Waals surface area contributed by atoms with Gasteiger partial charge < -0.3 is 43.1 Å². The summed E-state index contributed by atoms with van der Waals surface area (Å²) in [6, 6.07) is 15.9. The second-order valence-electron chi connectivity index (χ2n) is 18.7. The molecule has 1 aliphatic carbocycles. The monoisotopic (exact) mass is 879 g/mol. The van der Waals surface area contributed by atoms with Crippen molar-refractivity contribution in [2.45, 2.75) is 118 Å². The van der Waals surface area contributed by atoms with Gasteiger partial charge in [-0.05, 0) is 112 Å². The first kappa shape index (κ1) is 50.8. The van der Waals surface area contributed by atoms with Crippen LogP contribution in [0.1, 0.15) is 107 Å². The van der Waals surface area contributed by atoms with E-state index < -0.39 is 92.8 Å². The lowest BCUT2D eigenvalue weighted by atomic mass is 9.98. The first-order chi connectivity index (χ1) is 27.5. The fourth-order valence-corrected chi connectivity index (χ4v) is 12.2. The fourth-order valence-electron chi connectivity index (χ4n) is 6.63. The molecule has 2 aromatic carbocycles. The molecule has 0 fully saturated rings. The van der Waals surface area contributed by atoms with Gasteiger partial charge in [-0.1, -0.05) is 48.5 Å². The molecule has 0 unspecified atom stereocenters. The summed E-state index contributed by atoms with van der Waals surface area (Å²) in [4.78, 5) is 54.4. The molecule has 0 bridgehead atoms. The molecule has 0 spiro atoms. The number of carbonyl (C=O) groups is 4. The van der Waals surface area contributed by atoms with Crippen LogP contribution in [0, 0.1) is 5.92 Å². The Balaban J connectivity index is 1.79. The number of amides is 3. The Bertz CT molecular complexity index is 1770. The molecule has 0 saturated heterocycles. The van der Waals surface area contributed by atoms with Crippen molar-refractivity contribution in [3.63, 3.8) is 0 Å². The highest BCUT2D eigenvalue weighted by molar-refractivity contribution is 7.55. The van der Waals surface area contributed by atoms with Crippen molar-refractivity contribution >= 4 is 39.1 Å². The lowest BCUT2D eigenvalue weighted by Gasteiger charge is -2.36. The smallest absolute Gasteiger partial charge is 0.407 e. The third kappa shape index (κ3) is 17.1. The molecule has 0 aliphatic heterocycles. The molecule has 1 aliphatic rings. The number of benzene rings is 2. The number of esters is 1. The lowest BCUT2D eigenvalue weighted by Crippen LogP contribution is -2.47. The number of carbonyl (C=O) groups excluding carboxylic acids is 4. The van der Waals surface area contributed by atoms with Gasteiger partial charge in [0, 0.05) is 19.0 Å². The lowest BCUT2D eigenvalue weighted by molar-refractivity contribution is -0.148. The van der Waals surface area contributed by atoms with Crippen molar-refractivity contribution in [1.82, 2.24) is 15.5 Å². The molecule has 336 valence electrons. The Labute approximate surface area is 356 Å². The van der Waals surface area contributed by atoms with Crippen LogP contribution in [0.15, 0.2) is 48.5 Å². The minimum atomic E-state index is -4.13. The topological polar surface area (TPSA) is 185 Å². The van der Waals surface area contributed by atoms with E-state index in [4.69, 9.17) is 27.6 Å². The van der Waals surface area contributed by atoms with Gasteiger partial charge in [-0.25, -0.2) is 4.79 Å². The van der Waals surface area contributed by atoms with E-state index in [-0.39, 0.29) is 32.2 Å². The van der Waals surface area contributed by atoms with E-state index in [2.05, 4.69) is 10.6 Å². The van der Waals surface area contributed by atoms with Crippen LogP contribution in [0.4, 0.5) is 4.79 Å². The Morgan fingerprint density at radius 3 is 1.52 bits per heavy atom. The van der Waals surface area contributed by atoms with Gasteiger partial charge in [-0.2, -0.15) is 0 Å². The molecule has 2 aromatic rings. The third-order valence-electron chi connectivity index (χ3n) is 8.30. The van der Waals surface area contributed by atoms with E-state index in [0.29, 0.717) is 0 Å². The molecule has 0 radical (unpaired) electrons. The van der Waals surface area contributed by atoms with Gasteiger partial charge in [0.2, 0.25) is 11.8 Å². The van der Waals surface area contributed by atoms with Crippen molar-refractivity contribution in [3.8, 4) is 11.1 Å². The maximum atomic E-state index is 14.5. The summed E-state index contributed by atoms with van der Waals surface area (Å²) >= 11 is 0. The van der Waals surface area contributed by atoms with Crippen LogP contribution in [0.5, 0.6) is 0 Å². The average molecular weight is 880 g/mol. The second kappa shape index (κ2) is 20.5. The van der Waals surface area contributed by atoms with Crippen LogP contribution in [0.2, 0.25) is 0 Å². The van der Waals surface area contributed by atoms with Gasteiger partial charge in [0.15, 0.2) is 0 Å². The van der Waals surface area contributed by atoms with Crippen molar-refractivity contribution in [2.24, 2.45) is 5.92 Å². The van der Waals surface area contributed by atoms with Gasteiger partial charge in [0.1, 0.15) is 13.2 Å². The quantitative estimate of drug-likeness (QED) is 0.102. The van der Waals surface area contributed by atoms with E-state index in [1.807, 2.05) is 48.5 Å². The molecule has 3 rings (SSSR count). The largest absolute Gasteiger partial charge is 0.465 e. The van der Waals surface area contributed by atoms with Crippen LogP contribution in [-0.4, -0.2) is 103 Å². The molecule has 3 amide bonds. The predicted molar refractivity (Wildman–Crippen MR) is 231 cm³/mol. The van der Waals surface area contributed by atoms with Crippen LogP contribution in [0.25, 0.3) is 11.1 Å².